The average Bonchev–Trinajstić information content (AvgIpc) is 3.42. The Labute approximate surface area is 257 Å². The van der Waals surface area contributed by atoms with Crippen LogP contribution in [-0.2, 0) is 25.0 Å². The summed E-state index contributed by atoms with van der Waals surface area (Å²) in [5.74, 6) is -2.64. The zero-order chi connectivity index (χ0) is 33.3. The molecule has 46 heavy (non-hydrogen) atoms. The van der Waals surface area contributed by atoms with Gasteiger partial charge in [-0.1, -0.05) is 18.2 Å². The van der Waals surface area contributed by atoms with E-state index in [4.69, 9.17) is 9.47 Å². The summed E-state index contributed by atoms with van der Waals surface area (Å²) in [4.78, 5) is 31.9. The van der Waals surface area contributed by atoms with E-state index in [9.17, 15) is 51.0 Å². The molecule has 24 heteroatoms. The topological polar surface area (TPSA) is 317 Å². The minimum Gasteiger partial charge on any atom is -0.494 e. The fourth-order valence-electron chi connectivity index (χ4n) is 3.95. The second kappa shape index (κ2) is 13.0. The van der Waals surface area contributed by atoms with Crippen LogP contribution in [-0.4, -0.2) is 67.2 Å². The van der Waals surface area contributed by atoms with E-state index < -0.39 is 85.9 Å². The van der Waals surface area contributed by atoms with Crippen LogP contribution in [0.3, 0.4) is 0 Å². The molecule has 0 aliphatic carbocycles. The Balaban J connectivity index is 0.00000576. The molecule has 3 aromatic carbocycles. The lowest BCUT2D eigenvalue weighted by molar-refractivity contribution is -0.388. The average molecular weight is 687 g/mol. The number of hydrogen-bond donors (Lipinski definition) is 5. The second-order valence-corrected chi connectivity index (χ2v) is 11.3. The van der Waals surface area contributed by atoms with Crippen molar-refractivity contribution >= 4 is 60.4 Å². The SMILES string of the molecule is COc1cc([N+](=O)[O-])c(S(=O)(=O)O)cc1N1NN=C(C(=O)NNc2ccccc2)N1c1cc(S(=O)(=O)O)c([N+](=O)[O-])cc1OC.O. The highest BCUT2D eigenvalue weighted by Gasteiger charge is 2.40. The highest BCUT2D eigenvalue weighted by Crippen LogP contribution is 2.43. The van der Waals surface area contributed by atoms with E-state index in [-0.39, 0.29) is 5.48 Å². The number of nitrogens with zero attached hydrogens (tertiary/aromatic N) is 5. The molecule has 0 fully saturated rings. The summed E-state index contributed by atoms with van der Waals surface area (Å²) >= 11 is 0. The number of hydrazine groups is 3. The van der Waals surface area contributed by atoms with Gasteiger partial charge >= 0.3 is 26.1 Å². The molecule has 1 amide bonds. The number of hydrazone groups is 1. The lowest BCUT2D eigenvalue weighted by atomic mass is 10.2. The zero-order valence-electron chi connectivity index (χ0n) is 23.1. The molecule has 1 heterocycles. The molecule has 0 saturated carbocycles. The minimum atomic E-state index is -5.30. The summed E-state index contributed by atoms with van der Waals surface area (Å²) in [7, 11) is -8.51. The monoisotopic (exact) mass is 686 g/mol. The van der Waals surface area contributed by atoms with Gasteiger partial charge in [0.1, 0.15) is 11.4 Å². The number of amides is 1. The van der Waals surface area contributed by atoms with E-state index in [0.29, 0.717) is 35.1 Å². The molecule has 246 valence electrons. The molecule has 3 aromatic rings. The van der Waals surface area contributed by atoms with Gasteiger partial charge in [-0.05, 0) is 24.3 Å². The first-order valence-electron chi connectivity index (χ1n) is 11.8. The first kappa shape index (κ1) is 34.7. The molecular formula is C22H22N8O14S2. The van der Waals surface area contributed by atoms with Gasteiger partial charge in [0.25, 0.3) is 11.4 Å². The van der Waals surface area contributed by atoms with Crippen molar-refractivity contribution in [1.29, 1.82) is 0 Å². The van der Waals surface area contributed by atoms with E-state index in [1.54, 1.807) is 30.3 Å². The summed E-state index contributed by atoms with van der Waals surface area (Å²) < 4.78 is 78.5. The number of amidine groups is 1. The van der Waals surface area contributed by atoms with Crippen molar-refractivity contribution < 1.29 is 55.5 Å². The third kappa shape index (κ3) is 6.79. The molecule has 1 aliphatic heterocycles. The van der Waals surface area contributed by atoms with Crippen LogP contribution < -0.4 is 36.0 Å². The van der Waals surface area contributed by atoms with Crippen LogP contribution in [0.25, 0.3) is 0 Å². The molecule has 0 bridgehead atoms. The number of hydrogen-bond acceptors (Lipinski definition) is 16. The largest absolute Gasteiger partial charge is 0.494 e. The van der Waals surface area contributed by atoms with E-state index in [2.05, 4.69) is 21.5 Å². The fourth-order valence-corrected chi connectivity index (χ4v) is 5.27. The van der Waals surface area contributed by atoms with Crippen LogP contribution in [0.2, 0.25) is 0 Å². The maximum Gasteiger partial charge on any atom is 0.309 e. The summed E-state index contributed by atoms with van der Waals surface area (Å²) in [6.07, 6.45) is 0. The van der Waals surface area contributed by atoms with Crippen molar-refractivity contribution in [2.75, 3.05) is 29.8 Å². The van der Waals surface area contributed by atoms with E-state index in [1.165, 1.54) is 0 Å². The molecule has 0 atom stereocenters. The standard InChI is InChI=1S/C22H20N8O13S2.H2O/c1-42-17-8-15(29(32)33)19(44(36,37)38)10-13(17)27-21(22(31)25-23-12-6-4-3-5-7-12)24-26-28(27)14-11-20(45(39,40)41)16(30(34)35)9-18(14)43-2;/h3-11,23,26H,1-2H3,(H,25,31)(H,36,37,38)(H,39,40,41);1H2. The number of nitro groups is 2. The summed E-state index contributed by atoms with van der Waals surface area (Å²) in [5.41, 5.74) is 4.40. The molecule has 0 unspecified atom stereocenters. The van der Waals surface area contributed by atoms with Crippen molar-refractivity contribution in [3.05, 3.63) is 74.8 Å². The van der Waals surface area contributed by atoms with Crippen molar-refractivity contribution in [3.8, 4) is 11.5 Å². The number of ether oxygens (including phenoxy) is 2. The quantitative estimate of drug-likeness (QED) is 0.103. The Bertz CT molecular complexity index is 1960. The van der Waals surface area contributed by atoms with E-state index in [0.717, 1.165) is 19.2 Å². The first-order chi connectivity index (χ1) is 21.1. The molecule has 0 aromatic heterocycles. The number of nitrogens with one attached hydrogen (secondary N) is 3. The van der Waals surface area contributed by atoms with Gasteiger partial charge in [0.2, 0.25) is 5.84 Å². The van der Waals surface area contributed by atoms with Crippen LogP contribution in [0.4, 0.5) is 28.4 Å². The molecule has 7 N–H and O–H groups in total. The minimum absolute atomic E-state index is 0. The number of anilines is 3. The number of carbonyl (C=O) groups excluding carboxylic acids is 1. The van der Waals surface area contributed by atoms with Gasteiger partial charge in [0.05, 0.1) is 41.9 Å². The Hall–Kier alpha value is -5.82. The normalized spacial score (nSPS) is 12.7. The molecular weight excluding hydrogens is 664 g/mol. The van der Waals surface area contributed by atoms with E-state index in [1.807, 2.05) is 0 Å². The van der Waals surface area contributed by atoms with Gasteiger partial charge in [0.15, 0.2) is 21.3 Å². The van der Waals surface area contributed by atoms with Crippen LogP contribution in [0.5, 0.6) is 11.5 Å². The Morgan fingerprint density at radius 1 is 0.870 bits per heavy atom. The van der Waals surface area contributed by atoms with Gasteiger partial charge in [0, 0.05) is 0 Å². The highest BCUT2D eigenvalue weighted by molar-refractivity contribution is 7.86. The van der Waals surface area contributed by atoms with Gasteiger partial charge < -0.3 is 14.9 Å². The number of nitro benzene ring substituents is 2. The van der Waals surface area contributed by atoms with Crippen LogP contribution in [0.1, 0.15) is 0 Å². The number of carbonyl (C=O) groups is 1. The molecule has 0 spiro atoms. The third-order valence-corrected chi connectivity index (χ3v) is 7.64. The zero-order valence-corrected chi connectivity index (χ0v) is 24.8. The van der Waals surface area contributed by atoms with Gasteiger partial charge in [-0.2, -0.15) is 27.5 Å². The fraction of sp³-hybridized carbons (Fsp3) is 0.0909. The summed E-state index contributed by atoms with van der Waals surface area (Å²) in [6, 6.07) is 10.5. The third-order valence-electron chi connectivity index (χ3n) is 5.87. The number of methoxy groups -OCH3 is 2. The van der Waals surface area contributed by atoms with Crippen molar-refractivity contribution in [1.82, 2.24) is 11.0 Å². The Morgan fingerprint density at radius 2 is 1.35 bits per heavy atom. The van der Waals surface area contributed by atoms with Crippen LogP contribution in [0.15, 0.2) is 69.5 Å². The summed E-state index contributed by atoms with van der Waals surface area (Å²) in [6.45, 7) is 0. The van der Waals surface area contributed by atoms with Crippen molar-refractivity contribution in [2.45, 2.75) is 9.79 Å². The second-order valence-electron chi connectivity index (χ2n) is 8.55. The predicted molar refractivity (Wildman–Crippen MR) is 156 cm³/mol. The lowest BCUT2D eigenvalue weighted by Gasteiger charge is -2.32. The maximum absolute atomic E-state index is 13.4. The van der Waals surface area contributed by atoms with Crippen LogP contribution in [0, 0.1) is 20.2 Å². The maximum atomic E-state index is 13.4. The Morgan fingerprint density at radius 3 is 1.80 bits per heavy atom. The summed E-state index contributed by atoms with van der Waals surface area (Å²) in [5, 5.41) is 28.5. The Kier molecular flexibility index (Phi) is 9.83. The van der Waals surface area contributed by atoms with Gasteiger partial charge in [-0.25, -0.2) is 5.01 Å². The van der Waals surface area contributed by atoms with Gasteiger partial charge in [-0.3, -0.25) is 45.0 Å². The van der Waals surface area contributed by atoms with Crippen LogP contribution >= 0.6 is 0 Å². The van der Waals surface area contributed by atoms with Gasteiger partial charge in [-0.15, -0.1) is 5.10 Å². The van der Waals surface area contributed by atoms with E-state index >= 15 is 0 Å². The van der Waals surface area contributed by atoms with Crippen molar-refractivity contribution in [3.63, 3.8) is 0 Å². The highest BCUT2D eigenvalue weighted by atomic mass is 32.2. The molecule has 0 saturated heterocycles. The number of para-hydroxylation sites is 1. The smallest absolute Gasteiger partial charge is 0.309 e. The lowest BCUT2D eigenvalue weighted by Crippen LogP contribution is -2.51. The first-order valence-corrected chi connectivity index (χ1v) is 14.7. The van der Waals surface area contributed by atoms with Crippen molar-refractivity contribution in [2.24, 2.45) is 5.10 Å². The molecule has 22 nitrogen and oxygen atoms in total. The molecule has 4 rings (SSSR count). The number of rotatable bonds is 11. The number of benzene rings is 3. The molecule has 0 radical (unpaired) electrons. The molecule has 1 aliphatic rings. The predicted octanol–water partition coefficient (Wildman–Crippen LogP) is 0.392.